The summed E-state index contributed by atoms with van der Waals surface area (Å²) in [6, 6.07) is 16.1. The first kappa shape index (κ1) is 12.6. The molecular weight excluding hydrogens is 228 g/mol. The maximum absolute atomic E-state index is 10.1. The van der Waals surface area contributed by atoms with Crippen molar-refractivity contribution in [3.8, 4) is 5.75 Å². The maximum Gasteiger partial charge on any atom is 0.193 e. The molecule has 0 saturated heterocycles. The summed E-state index contributed by atoms with van der Waals surface area (Å²) in [4.78, 5) is 0. The topological polar surface area (TPSA) is 49.7 Å². The van der Waals surface area contributed by atoms with Crippen LogP contribution in [0.4, 0.5) is 0 Å². The van der Waals surface area contributed by atoms with Gasteiger partial charge in [0.1, 0.15) is 5.75 Å². The van der Waals surface area contributed by atoms with Gasteiger partial charge in [0.15, 0.2) is 5.79 Å². The minimum atomic E-state index is -1.87. The Hall–Kier alpha value is -1.84. The zero-order valence-electron chi connectivity index (χ0n) is 10.2. The second kappa shape index (κ2) is 5.21. The Bertz CT molecular complexity index is 489. The highest BCUT2D eigenvalue weighted by atomic mass is 16.5. The third kappa shape index (κ3) is 2.88. The zero-order valence-corrected chi connectivity index (χ0v) is 10.2. The van der Waals surface area contributed by atoms with E-state index in [4.69, 9.17) is 4.74 Å². The standard InChI is InChI=1S/C15H16O3/c1-18-14-9-7-13(8-10-14)15(16,17)11-12-5-3-2-4-6-12/h2-10,16-17H,11H2,1H3. The van der Waals surface area contributed by atoms with Gasteiger partial charge in [0.05, 0.1) is 7.11 Å². The van der Waals surface area contributed by atoms with Crippen molar-refractivity contribution >= 4 is 0 Å². The largest absolute Gasteiger partial charge is 0.497 e. The van der Waals surface area contributed by atoms with E-state index in [1.54, 1.807) is 31.4 Å². The second-order valence-corrected chi connectivity index (χ2v) is 4.21. The van der Waals surface area contributed by atoms with Crippen molar-refractivity contribution in [3.63, 3.8) is 0 Å². The first-order valence-corrected chi connectivity index (χ1v) is 5.75. The van der Waals surface area contributed by atoms with Gasteiger partial charge in [-0.2, -0.15) is 0 Å². The van der Waals surface area contributed by atoms with Gasteiger partial charge in [-0.3, -0.25) is 0 Å². The summed E-state index contributed by atoms with van der Waals surface area (Å²) in [6.45, 7) is 0. The lowest BCUT2D eigenvalue weighted by atomic mass is 9.98. The van der Waals surface area contributed by atoms with Crippen LogP contribution in [0, 0.1) is 0 Å². The predicted molar refractivity (Wildman–Crippen MR) is 69.3 cm³/mol. The molecule has 0 aliphatic rings. The smallest absolute Gasteiger partial charge is 0.193 e. The number of hydrogen-bond acceptors (Lipinski definition) is 3. The molecule has 0 unspecified atom stereocenters. The van der Waals surface area contributed by atoms with Crippen molar-refractivity contribution in [2.75, 3.05) is 7.11 Å². The number of hydrogen-bond donors (Lipinski definition) is 2. The molecule has 2 aromatic carbocycles. The van der Waals surface area contributed by atoms with Crippen LogP contribution in [0.25, 0.3) is 0 Å². The molecule has 2 aromatic rings. The summed E-state index contributed by atoms with van der Waals surface area (Å²) in [5.74, 6) is -1.18. The van der Waals surface area contributed by atoms with E-state index in [2.05, 4.69) is 0 Å². The van der Waals surface area contributed by atoms with Crippen molar-refractivity contribution in [2.24, 2.45) is 0 Å². The van der Waals surface area contributed by atoms with E-state index < -0.39 is 5.79 Å². The minimum Gasteiger partial charge on any atom is -0.497 e. The van der Waals surface area contributed by atoms with Crippen molar-refractivity contribution in [3.05, 3.63) is 65.7 Å². The van der Waals surface area contributed by atoms with E-state index in [-0.39, 0.29) is 6.42 Å². The Kier molecular flexibility index (Phi) is 3.65. The first-order valence-electron chi connectivity index (χ1n) is 5.75. The highest BCUT2D eigenvalue weighted by molar-refractivity contribution is 5.31. The molecule has 0 bridgehead atoms. The van der Waals surface area contributed by atoms with Crippen LogP contribution in [0.2, 0.25) is 0 Å². The summed E-state index contributed by atoms with van der Waals surface area (Å²) in [7, 11) is 1.57. The van der Waals surface area contributed by atoms with Gasteiger partial charge < -0.3 is 14.9 Å². The SMILES string of the molecule is COc1ccc(C(O)(O)Cc2ccccc2)cc1. The van der Waals surface area contributed by atoms with E-state index in [9.17, 15) is 10.2 Å². The molecule has 0 radical (unpaired) electrons. The Morgan fingerprint density at radius 2 is 1.56 bits per heavy atom. The molecule has 0 aliphatic heterocycles. The van der Waals surface area contributed by atoms with Crippen LogP contribution in [0.5, 0.6) is 5.75 Å². The first-order chi connectivity index (χ1) is 8.62. The molecule has 0 spiro atoms. The van der Waals surface area contributed by atoms with Gasteiger partial charge in [0.25, 0.3) is 0 Å². The van der Waals surface area contributed by atoms with Gasteiger partial charge in [0, 0.05) is 12.0 Å². The monoisotopic (exact) mass is 244 g/mol. The van der Waals surface area contributed by atoms with E-state index in [0.29, 0.717) is 11.3 Å². The van der Waals surface area contributed by atoms with Gasteiger partial charge in [-0.15, -0.1) is 0 Å². The molecule has 94 valence electrons. The third-order valence-electron chi connectivity index (χ3n) is 2.85. The fourth-order valence-electron chi connectivity index (χ4n) is 1.84. The summed E-state index contributed by atoms with van der Waals surface area (Å²) < 4.78 is 5.04. The highest BCUT2D eigenvalue weighted by Gasteiger charge is 2.26. The van der Waals surface area contributed by atoms with E-state index in [1.807, 2.05) is 30.3 Å². The summed E-state index contributed by atoms with van der Waals surface area (Å²) >= 11 is 0. The Morgan fingerprint density at radius 3 is 2.11 bits per heavy atom. The lowest BCUT2D eigenvalue weighted by Gasteiger charge is -2.22. The molecule has 0 amide bonds. The van der Waals surface area contributed by atoms with Crippen LogP contribution in [0.3, 0.4) is 0 Å². The predicted octanol–water partition coefficient (Wildman–Crippen LogP) is 2.08. The molecule has 0 aromatic heterocycles. The second-order valence-electron chi connectivity index (χ2n) is 4.21. The van der Waals surface area contributed by atoms with Crippen LogP contribution in [-0.2, 0) is 12.2 Å². The lowest BCUT2D eigenvalue weighted by Crippen LogP contribution is -2.27. The van der Waals surface area contributed by atoms with E-state index in [1.165, 1.54) is 0 Å². The molecule has 2 rings (SSSR count). The fourth-order valence-corrected chi connectivity index (χ4v) is 1.84. The van der Waals surface area contributed by atoms with Crippen LogP contribution >= 0.6 is 0 Å². The van der Waals surface area contributed by atoms with Crippen molar-refractivity contribution in [1.29, 1.82) is 0 Å². The van der Waals surface area contributed by atoms with Gasteiger partial charge in [-0.25, -0.2) is 0 Å². The fraction of sp³-hybridized carbons (Fsp3) is 0.200. The van der Waals surface area contributed by atoms with Gasteiger partial charge >= 0.3 is 0 Å². The average Bonchev–Trinajstić information content (AvgIpc) is 2.39. The van der Waals surface area contributed by atoms with Gasteiger partial charge in [-0.1, -0.05) is 30.3 Å². The molecule has 0 saturated carbocycles. The average molecular weight is 244 g/mol. The van der Waals surface area contributed by atoms with E-state index >= 15 is 0 Å². The van der Waals surface area contributed by atoms with Crippen molar-refractivity contribution < 1.29 is 14.9 Å². The van der Waals surface area contributed by atoms with Crippen molar-refractivity contribution in [2.45, 2.75) is 12.2 Å². The van der Waals surface area contributed by atoms with Crippen LogP contribution in [0.1, 0.15) is 11.1 Å². The number of ether oxygens (including phenoxy) is 1. The molecule has 0 aliphatic carbocycles. The summed E-state index contributed by atoms with van der Waals surface area (Å²) in [5, 5.41) is 20.2. The summed E-state index contributed by atoms with van der Waals surface area (Å²) in [5.41, 5.74) is 1.32. The molecule has 3 heteroatoms. The Labute approximate surface area is 106 Å². The maximum atomic E-state index is 10.1. The molecular formula is C15H16O3. The summed E-state index contributed by atoms with van der Waals surface area (Å²) in [6.07, 6.45) is 0.153. The Morgan fingerprint density at radius 1 is 0.944 bits per heavy atom. The van der Waals surface area contributed by atoms with Crippen LogP contribution < -0.4 is 4.74 Å². The van der Waals surface area contributed by atoms with E-state index in [0.717, 1.165) is 5.56 Å². The van der Waals surface area contributed by atoms with Gasteiger partial charge in [0.2, 0.25) is 0 Å². The molecule has 0 atom stereocenters. The minimum absolute atomic E-state index is 0.153. The number of benzene rings is 2. The highest BCUT2D eigenvalue weighted by Crippen LogP contribution is 2.24. The Balaban J connectivity index is 2.19. The van der Waals surface area contributed by atoms with Crippen LogP contribution in [-0.4, -0.2) is 17.3 Å². The third-order valence-corrected chi connectivity index (χ3v) is 2.85. The molecule has 18 heavy (non-hydrogen) atoms. The normalized spacial score (nSPS) is 11.3. The van der Waals surface area contributed by atoms with Crippen molar-refractivity contribution in [1.82, 2.24) is 0 Å². The molecule has 0 fully saturated rings. The lowest BCUT2D eigenvalue weighted by molar-refractivity contribution is -0.168. The quantitative estimate of drug-likeness (QED) is 0.809. The number of aliphatic hydroxyl groups is 2. The molecule has 2 N–H and O–H groups in total. The van der Waals surface area contributed by atoms with Gasteiger partial charge in [-0.05, 0) is 29.8 Å². The molecule has 3 nitrogen and oxygen atoms in total. The zero-order chi connectivity index (χ0) is 13.0. The number of rotatable bonds is 4. The van der Waals surface area contributed by atoms with Crippen LogP contribution in [0.15, 0.2) is 54.6 Å². The number of methoxy groups -OCH3 is 1. The molecule has 0 heterocycles.